The number of carbonyl (C=O) groups is 2. The molecule has 1 aromatic rings. The van der Waals surface area contributed by atoms with Crippen LogP contribution in [-0.4, -0.2) is 50.7 Å². The van der Waals surface area contributed by atoms with Crippen molar-refractivity contribution in [2.75, 3.05) is 13.1 Å². The Balaban J connectivity index is 1.43. The van der Waals surface area contributed by atoms with Crippen molar-refractivity contribution in [3.63, 3.8) is 0 Å². The SMILES string of the molecule is Cc1nc2c([nH]1)CN(C(=O)C1CCC(=O)N(C3CCCC3)C1)CC2. The van der Waals surface area contributed by atoms with Gasteiger partial charge in [-0.05, 0) is 26.2 Å². The molecule has 2 fully saturated rings. The van der Waals surface area contributed by atoms with Gasteiger partial charge in [0.25, 0.3) is 0 Å². The number of rotatable bonds is 2. The van der Waals surface area contributed by atoms with Crippen LogP contribution in [0.3, 0.4) is 0 Å². The van der Waals surface area contributed by atoms with Gasteiger partial charge in [-0.25, -0.2) is 4.98 Å². The fourth-order valence-electron chi connectivity index (χ4n) is 4.53. The third kappa shape index (κ3) is 2.82. The number of fused-ring (bicyclic) bond motifs is 1. The first-order valence-electron chi connectivity index (χ1n) is 9.24. The molecule has 3 heterocycles. The van der Waals surface area contributed by atoms with E-state index in [2.05, 4.69) is 9.97 Å². The van der Waals surface area contributed by atoms with Gasteiger partial charge in [0.1, 0.15) is 5.82 Å². The minimum Gasteiger partial charge on any atom is -0.344 e. The largest absolute Gasteiger partial charge is 0.344 e. The lowest BCUT2D eigenvalue weighted by Gasteiger charge is -2.38. The van der Waals surface area contributed by atoms with Crippen LogP contribution in [0.4, 0.5) is 0 Å². The molecule has 1 aliphatic carbocycles. The van der Waals surface area contributed by atoms with Crippen molar-refractivity contribution in [2.45, 2.75) is 64.5 Å². The van der Waals surface area contributed by atoms with Gasteiger partial charge < -0.3 is 14.8 Å². The van der Waals surface area contributed by atoms with E-state index in [1.165, 1.54) is 12.8 Å². The summed E-state index contributed by atoms with van der Waals surface area (Å²) in [4.78, 5) is 37.0. The van der Waals surface area contributed by atoms with E-state index in [-0.39, 0.29) is 17.7 Å². The minimum absolute atomic E-state index is 0.0335. The van der Waals surface area contributed by atoms with Gasteiger partial charge in [0, 0.05) is 32.0 Å². The summed E-state index contributed by atoms with van der Waals surface area (Å²) in [5.74, 6) is 1.35. The van der Waals surface area contributed by atoms with E-state index >= 15 is 0 Å². The summed E-state index contributed by atoms with van der Waals surface area (Å²) in [7, 11) is 0. The van der Waals surface area contributed by atoms with E-state index in [9.17, 15) is 9.59 Å². The van der Waals surface area contributed by atoms with Gasteiger partial charge in [0.05, 0.1) is 23.9 Å². The van der Waals surface area contributed by atoms with Gasteiger partial charge in [-0.1, -0.05) is 12.8 Å². The van der Waals surface area contributed by atoms with Crippen LogP contribution in [0.5, 0.6) is 0 Å². The van der Waals surface area contributed by atoms with Crippen molar-refractivity contribution in [3.8, 4) is 0 Å². The second-order valence-electron chi connectivity index (χ2n) is 7.48. The topological polar surface area (TPSA) is 69.3 Å². The first-order chi connectivity index (χ1) is 11.6. The Morgan fingerprint density at radius 1 is 1.21 bits per heavy atom. The third-order valence-corrected chi connectivity index (χ3v) is 5.82. The molecule has 2 aliphatic heterocycles. The number of hydrogen-bond donors (Lipinski definition) is 1. The molecule has 1 aromatic heterocycles. The Morgan fingerprint density at radius 2 is 2.00 bits per heavy atom. The Kier molecular flexibility index (Phi) is 4.06. The van der Waals surface area contributed by atoms with Crippen LogP contribution >= 0.6 is 0 Å². The van der Waals surface area contributed by atoms with Gasteiger partial charge in [-0.15, -0.1) is 0 Å². The summed E-state index contributed by atoms with van der Waals surface area (Å²) in [6.45, 7) is 3.94. The molecular weight excluding hydrogens is 304 g/mol. The average molecular weight is 330 g/mol. The molecule has 0 aromatic carbocycles. The molecule has 6 nitrogen and oxygen atoms in total. The van der Waals surface area contributed by atoms with Crippen LogP contribution in [0.1, 0.15) is 55.7 Å². The lowest BCUT2D eigenvalue weighted by atomic mass is 9.93. The monoisotopic (exact) mass is 330 g/mol. The number of hydrogen-bond acceptors (Lipinski definition) is 3. The van der Waals surface area contributed by atoms with Crippen LogP contribution in [0.2, 0.25) is 0 Å². The number of amides is 2. The van der Waals surface area contributed by atoms with Gasteiger partial charge >= 0.3 is 0 Å². The predicted molar refractivity (Wildman–Crippen MR) is 89.1 cm³/mol. The number of piperidine rings is 1. The zero-order valence-electron chi connectivity index (χ0n) is 14.4. The highest BCUT2D eigenvalue weighted by Crippen LogP contribution is 2.30. The normalized spacial score (nSPS) is 25.2. The van der Waals surface area contributed by atoms with E-state index in [4.69, 9.17) is 0 Å². The molecule has 2 amide bonds. The summed E-state index contributed by atoms with van der Waals surface area (Å²) in [5.41, 5.74) is 2.18. The van der Waals surface area contributed by atoms with E-state index in [0.717, 1.165) is 43.0 Å². The highest BCUT2D eigenvalue weighted by molar-refractivity contribution is 5.84. The molecule has 1 saturated carbocycles. The van der Waals surface area contributed by atoms with E-state index in [1.54, 1.807) is 0 Å². The van der Waals surface area contributed by atoms with E-state index in [0.29, 0.717) is 32.0 Å². The predicted octanol–water partition coefficient (Wildman–Crippen LogP) is 1.78. The summed E-state index contributed by atoms with van der Waals surface area (Å²) in [6.07, 6.45) is 6.67. The van der Waals surface area contributed by atoms with Crippen LogP contribution in [0.25, 0.3) is 0 Å². The molecule has 130 valence electrons. The van der Waals surface area contributed by atoms with Crippen LogP contribution in [0, 0.1) is 12.8 Å². The molecule has 0 spiro atoms. The Morgan fingerprint density at radius 3 is 2.79 bits per heavy atom. The zero-order chi connectivity index (χ0) is 16.7. The maximum absolute atomic E-state index is 13.0. The van der Waals surface area contributed by atoms with Crippen LogP contribution in [-0.2, 0) is 22.6 Å². The number of H-pyrrole nitrogens is 1. The standard InChI is InChI=1S/C18H26N4O2/c1-12-19-15-8-9-21(11-16(15)20-12)18(24)13-6-7-17(23)22(10-13)14-4-2-3-5-14/h13-14H,2-11H2,1H3,(H,19,20). The van der Waals surface area contributed by atoms with Crippen molar-refractivity contribution < 1.29 is 9.59 Å². The zero-order valence-corrected chi connectivity index (χ0v) is 14.4. The Bertz CT molecular complexity index is 647. The molecular formula is C18H26N4O2. The van der Waals surface area contributed by atoms with Gasteiger partial charge in [-0.2, -0.15) is 0 Å². The highest BCUT2D eigenvalue weighted by atomic mass is 16.2. The van der Waals surface area contributed by atoms with Crippen molar-refractivity contribution in [1.82, 2.24) is 19.8 Å². The summed E-state index contributed by atoms with van der Waals surface area (Å²) < 4.78 is 0. The number of aryl methyl sites for hydroxylation is 1. The summed E-state index contributed by atoms with van der Waals surface area (Å²) >= 11 is 0. The highest BCUT2D eigenvalue weighted by Gasteiger charge is 2.37. The second kappa shape index (κ2) is 6.22. The molecule has 3 aliphatic rings. The lowest BCUT2D eigenvalue weighted by Crippen LogP contribution is -2.50. The number of nitrogens with zero attached hydrogens (tertiary/aromatic N) is 3. The maximum Gasteiger partial charge on any atom is 0.227 e. The molecule has 1 atom stereocenters. The smallest absolute Gasteiger partial charge is 0.227 e. The van der Waals surface area contributed by atoms with Crippen LogP contribution < -0.4 is 0 Å². The third-order valence-electron chi connectivity index (χ3n) is 5.82. The maximum atomic E-state index is 13.0. The number of nitrogens with one attached hydrogen (secondary N) is 1. The molecule has 0 bridgehead atoms. The second-order valence-corrected chi connectivity index (χ2v) is 7.48. The summed E-state index contributed by atoms with van der Waals surface area (Å²) in [5, 5.41) is 0. The quantitative estimate of drug-likeness (QED) is 0.899. The van der Waals surface area contributed by atoms with Crippen molar-refractivity contribution in [3.05, 3.63) is 17.2 Å². The Hall–Kier alpha value is -1.85. The number of imidazole rings is 1. The molecule has 1 unspecified atom stereocenters. The first kappa shape index (κ1) is 15.7. The molecule has 0 radical (unpaired) electrons. The minimum atomic E-state index is -0.0335. The van der Waals surface area contributed by atoms with E-state index in [1.807, 2.05) is 16.7 Å². The molecule has 4 rings (SSSR count). The van der Waals surface area contributed by atoms with Crippen molar-refractivity contribution >= 4 is 11.8 Å². The number of likely N-dealkylation sites (tertiary alicyclic amines) is 1. The van der Waals surface area contributed by atoms with Gasteiger partial charge in [0.15, 0.2) is 0 Å². The number of aromatic amines is 1. The Labute approximate surface area is 142 Å². The van der Waals surface area contributed by atoms with Gasteiger partial charge in [0.2, 0.25) is 11.8 Å². The number of carbonyl (C=O) groups excluding carboxylic acids is 2. The molecule has 24 heavy (non-hydrogen) atoms. The summed E-state index contributed by atoms with van der Waals surface area (Å²) in [6, 6.07) is 0.372. The molecule has 6 heteroatoms. The fraction of sp³-hybridized carbons (Fsp3) is 0.722. The van der Waals surface area contributed by atoms with Gasteiger partial charge in [-0.3, -0.25) is 9.59 Å². The van der Waals surface area contributed by atoms with Crippen LogP contribution in [0.15, 0.2) is 0 Å². The lowest BCUT2D eigenvalue weighted by molar-refractivity contribution is -0.145. The molecule has 1 saturated heterocycles. The van der Waals surface area contributed by atoms with E-state index < -0.39 is 0 Å². The van der Waals surface area contributed by atoms with Crippen molar-refractivity contribution in [1.29, 1.82) is 0 Å². The fourth-order valence-corrected chi connectivity index (χ4v) is 4.53. The van der Waals surface area contributed by atoms with Crippen molar-refractivity contribution in [2.24, 2.45) is 5.92 Å². The average Bonchev–Trinajstić information content (AvgIpc) is 3.22. The number of aromatic nitrogens is 2. The molecule has 1 N–H and O–H groups in total. The first-order valence-corrected chi connectivity index (χ1v) is 9.24.